The minimum absolute atomic E-state index is 0.171. The van der Waals surface area contributed by atoms with Crippen molar-refractivity contribution < 1.29 is 14.4 Å². The molecule has 25 heavy (non-hydrogen) atoms. The van der Waals surface area contributed by atoms with Crippen LogP contribution in [0.2, 0.25) is 0 Å². The summed E-state index contributed by atoms with van der Waals surface area (Å²) in [6, 6.07) is 7.53. The Kier molecular flexibility index (Phi) is 4.74. The molecule has 7 heteroatoms. The van der Waals surface area contributed by atoms with Gasteiger partial charge in [-0.1, -0.05) is 5.16 Å². The zero-order valence-corrected chi connectivity index (χ0v) is 14.9. The van der Waals surface area contributed by atoms with Crippen molar-refractivity contribution in [3.05, 3.63) is 46.8 Å². The van der Waals surface area contributed by atoms with E-state index in [2.05, 4.69) is 15.6 Å². The maximum absolute atomic E-state index is 12.4. The van der Waals surface area contributed by atoms with Crippen LogP contribution < -0.4 is 10.1 Å². The highest BCUT2D eigenvalue weighted by molar-refractivity contribution is 6.04. The van der Waals surface area contributed by atoms with Crippen molar-refractivity contribution in [3.63, 3.8) is 0 Å². The molecule has 2 heterocycles. The Hall–Kier alpha value is -2.83. The van der Waals surface area contributed by atoms with Crippen LogP contribution in [-0.2, 0) is 23.2 Å². The number of hydrogen-bond acceptors (Lipinski definition) is 5. The van der Waals surface area contributed by atoms with Crippen LogP contribution in [0.25, 0.3) is 0 Å². The molecule has 1 aliphatic heterocycles. The van der Waals surface area contributed by atoms with Gasteiger partial charge in [0.25, 0.3) is 5.91 Å². The molecule has 1 N–H and O–H groups in total. The number of benzene rings is 1. The van der Waals surface area contributed by atoms with Gasteiger partial charge in [0.15, 0.2) is 0 Å². The van der Waals surface area contributed by atoms with Gasteiger partial charge in [0.2, 0.25) is 6.10 Å². The number of carbonyl (C=O) groups is 1. The minimum Gasteiger partial charge on any atom is -0.497 e. The third-order valence-corrected chi connectivity index (χ3v) is 4.48. The monoisotopic (exact) mass is 342 g/mol. The number of nitrogens with zero attached hydrogens (tertiary/aromatic N) is 3. The lowest BCUT2D eigenvalue weighted by molar-refractivity contribution is -0.131. The lowest BCUT2D eigenvalue weighted by Gasteiger charge is -2.10. The molecular formula is C18H22N4O3. The van der Waals surface area contributed by atoms with Gasteiger partial charge in [-0.2, -0.15) is 5.10 Å². The van der Waals surface area contributed by atoms with Crippen LogP contribution in [-0.4, -0.2) is 34.6 Å². The molecule has 0 saturated carbocycles. The molecule has 1 atom stereocenters. The molecule has 2 aromatic rings. The summed E-state index contributed by atoms with van der Waals surface area (Å²) in [5.74, 6) is 0.606. The lowest BCUT2D eigenvalue weighted by Crippen LogP contribution is -2.34. The second-order valence-corrected chi connectivity index (χ2v) is 6.06. The zero-order chi connectivity index (χ0) is 18.0. The van der Waals surface area contributed by atoms with Crippen LogP contribution in [0.15, 0.2) is 29.4 Å². The first-order valence-corrected chi connectivity index (χ1v) is 8.13. The minimum atomic E-state index is -0.602. The van der Waals surface area contributed by atoms with Gasteiger partial charge in [-0.25, -0.2) is 0 Å². The van der Waals surface area contributed by atoms with E-state index in [0.29, 0.717) is 13.0 Å². The predicted octanol–water partition coefficient (Wildman–Crippen LogP) is 1.85. The lowest BCUT2D eigenvalue weighted by atomic mass is 10.0. The molecular weight excluding hydrogens is 320 g/mol. The van der Waals surface area contributed by atoms with Gasteiger partial charge in [-0.15, -0.1) is 0 Å². The van der Waals surface area contributed by atoms with Crippen LogP contribution >= 0.6 is 0 Å². The second-order valence-electron chi connectivity index (χ2n) is 6.06. The first kappa shape index (κ1) is 17.0. The molecule has 1 aliphatic rings. The smallest absolute Gasteiger partial charge is 0.264 e. The summed E-state index contributed by atoms with van der Waals surface area (Å²) in [5, 5.41) is 11.3. The van der Waals surface area contributed by atoms with Crippen molar-refractivity contribution in [2.75, 3.05) is 7.11 Å². The van der Waals surface area contributed by atoms with Crippen molar-refractivity contribution in [2.24, 2.45) is 12.2 Å². The summed E-state index contributed by atoms with van der Waals surface area (Å²) in [4.78, 5) is 17.7. The first-order valence-electron chi connectivity index (χ1n) is 8.13. The van der Waals surface area contributed by atoms with Crippen LogP contribution in [0.5, 0.6) is 5.75 Å². The molecule has 1 unspecified atom stereocenters. The number of methoxy groups -OCH3 is 1. The highest BCUT2D eigenvalue weighted by Crippen LogP contribution is 2.20. The number of nitrogens with one attached hydrogen (secondary N) is 1. The van der Waals surface area contributed by atoms with E-state index in [4.69, 9.17) is 9.57 Å². The van der Waals surface area contributed by atoms with E-state index in [0.717, 1.165) is 34.0 Å². The van der Waals surface area contributed by atoms with E-state index >= 15 is 0 Å². The average Bonchev–Trinajstić information content (AvgIpc) is 3.19. The van der Waals surface area contributed by atoms with Gasteiger partial charge in [0.05, 0.1) is 18.5 Å². The van der Waals surface area contributed by atoms with Crippen LogP contribution in [0.3, 0.4) is 0 Å². The van der Waals surface area contributed by atoms with Gasteiger partial charge in [-0.05, 0) is 43.7 Å². The van der Waals surface area contributed by atoms with Gasteiger partial charge in [0.1, 0.15) is 5.75 Å². The van der Waals surface area contributed by atoms with Gasteiger partial charge < -0.3 is 14.9 Å². The highest BCUT2D eigenvalue weighted by Gasteiger charge is 2.29. The number of rotatable bonds is 5. The third kappa shape index (κ3) is 3.50. The SMILES string of the molecule is COc1ccc(C2=NOC(C(=O)NCc3c(C)nn(C)c3C)C2)cc1. The maximum atomic E-state index is 12.4. The molecule has 3 rings (SSSR count). The Bertz CT molecular complexity index is 808. The molecule has 1 aromatic heterocycles. The molecule has 0 radical (unpaired) electrons. The predicted molar refractivity (Wildman–Crippen MR) is 93.5 cm³/mol. The number of oxime groups is 1. The van der Waals surface area contributed by atoms with Crippen molar-refractivity contribution in [3.8, 4) is 5.75 Å². The van der Waals surface area contributed by atoms with E-state index in [9.17, 15) is 4.79 Å². The molecule has 132 valence electrons. The van der Waals surface area contributed by atoms with Gasteiger partial charge in [0, 0.05) is 31.3 Å². The maximum Gasteiger partial charge on any atom is 0.264 e. The fourth-order valence-electron chi connectivity index (χ4n) is 2.83. The van der Waals surface area contributed by atoms with Crippen molar-refractivity contribution >= 4 is 11.6 Å². The topological polar surface area (TPSA) is 77.7 Å². The molecule has 7 nitrogen and oxygen atoms in total. The quantitative estimate of drug-likeness (QED) is 0.900. The Balaban J connectivity index is 1.58. The van der Waals surface area contributed by atoms with Crippen LogP contribution in [0, 0.1) is 13.8 Å². The molecule has 1 amide bonds. The average molecular weight is 342 g/mol. The Morgan fingerprint density at radius 3 is 2.68 bits per heavy atom. The Morgan fingerprint density at radius 1 is 1.36 bits per heavy atom. The summed E-state index contributed by atoms with van der Waals surface area (Å²) in [7, 11) is 3.51. The summed E-state index contributed by atoms with van der Waals surface area (Å²) in [6.07, 6.45) is -0.155. The number of aromatic nitrogens is 2. The number of aryl methyl sites for hydroxylation is 2. The fourth-order valence-corrected chi connectivity index (χ4v) is 2.83. The summed E-state index contributed by atoms with van der Waals surface area (Å²) >= 11 is 0. The highest BCUT2D eigenvalue weighted by atomic mass is 16.6. The number of carbonyl (C=O) groups excluding carboxylic acids is 1. The van der Waals surface area contributed by atoms with E-state index < -0.39 is 6.10 Å². The first-order chi connectivity index (χ1) is 12.0. The zero-order valence-electron chi connectivity index (χ0n) is 14.9. The summed E-state index contributed by atoms with van der Waals surface area (Å²) < 4.78 is 6.96. The second kappa shape index (κ2) is 6.96. The molecule has 1 aromatic carbocycles. The van der Waals surface area contributed by atoms with Gasteiger partial charge >= 0.3 is 0 Å². The third-order valence-electron chi connectivity index (χ3n) is 4.48. The Morgan fingerprint density at radius 2 is 2.08 bits per heavy atom. The summed E-state index contributed by atoms with van der Waals surface area (Å²) in [6.45, 7) is 4.35. The molecule has 0 bridgehead atoms. The normalized spacial score (nSPS) is 16.3. The van der Waals surface area contributed by atoms with E-state index in [1.54, 1.807) is 7.11 Å². The molecule has 0 fully saturated rings. The standard InChI is InChI=1S/C18H22N4O3/c1-11-15(12(2)22(3)20-11)10-19-18(23)17-9-16(21-25-17)13-5-7-14(24-4)8-6-13/h5-8,17H,9-10H2,1-4H3,(H,19,23). The Labute approximate surface area is 146 Å². The molecule has 0 aliphatic carbocycles. The number of hydrogen-bond donors (Lipinski definition) is 1. The fraction of sp³-hybridized carbons (Fsp3) is 0.389. The van der Waals surface area contributed by atoms with Crippen LogP contribution in [0.4, 0.5) is 0 Å². The van der Waals surface area contributed by atoms with Crippen molar-refractivity contribution in [2.45, 2.75) is 32.9 Å². The van der Waals surface area contributed by atoms with Crippen LogP contribution in [0.1, 0.15) is 28.9 Å². The summed E-state index contributed by atoms with van der Waals surface area (Å²) in [5.41, 5.74) is 4.68. The molecule has 0 saturated heterocycles. The number of amides is 1. The largest absolute Gasteiger partial charge is 0.497 e. The van der Waals surface area contributed by atoms with Gasteiger partial charge in [-0.3, -0.25) is 9.48 Å². The van der Waals surface area contributed by atoms with E-state index in [-0.39, 0.29) is 5.91 Å². The van der Waals surface area contributed by atoms with E-state index in [1.165, 1.54) is 0 Å². The van der Waals surface area contributed by atoms with Crippen molar-refractivity contribution in [1.29, 1.82) is 0 Å². The number of ether oxygens (including phenoxy) is 1. The van der Waals surface area contributed by atoms with Crippen molar-refractivity contribution in [1.82, 2.24) is 15.1 Å². The van der Waals surface area contributed by atoms with E-state index in [1.807, 2.05) is 49.8 Å². The molecule has 0 spiro atoms.